The largest absolute Gasteiger partial charge is 0.497 e. The molecule has 0 N–H and O–H groups in total. The van der Waals surface area contributed by atoms with E-state index in [0.717, 1.165) is 28.1 Å². The van der Waals surface area contributed by atoms with Gasteiger partial charge in [-0.1, -0.05) is 17.8 Å². The molecular formula is C16H14N4O2S2. The highest BCUT2D eigenvalue weighted by Gasteiger charge is 2.20. The van der Waals surface area contributed by atoms with Gasteiger partial charge in [-0.2, -0.15) is 9.78 Å². The summed E-state index contributed by atoms with van der Waals surface area (Å²) in [7, 11) is 1.64. The maximum Gasteiger partial charge on any atom is 0.212 e. The van der Waals surface area contributed by atoms with Crippen LogP contribution in [0.3, 0.4) is 0 Å². The lowest BCUT2D eigenvalue weighted by atomic mass is 10.3. The summed E-state index contributed by atoms with van der Waals surface area (Å²) >= 11 is 3.32. The van der Waals surface area contributed by atoms with E-state index in [1.165, 1.54) is 4.88 Å². The molecule has 2 aromatic heterocycles. The van der Waals surface area contributed by atoms with Crippen LogP contribution in [0.4, 0.5) is 0 Å². The second-order valence-electron chi connectivity index (χ2n) is 4.99. The van der Waals surface area contributed by atoms with Crippen LogP contribution in [-0.2, 0) is 6.61 Å². The average molecular weight is 358 g/mol. The first-order valence-electron chi connectivity index (χ1n) is 7.29. The highest BCUT2D eigenvalue weighted by atomic mass is 32.2. The number of fused-ring (bicyclic) bond motifs is 1. The van der Waals surface area contributed by atoms with E-state index in [-0.39, 0.29) is 0 Å². The fraction of sp³-hybridized carbons (Fsp3) is 0.188. The minimum atomic E-state index is 0.307. The first-order chi connectivity index (χ1) is 11.8. The minimum absolute atomic E-state index is 0.307. The lowest BCUT2D eigenvalue weighted by Gasteiger charge is -2.13. The number of methoxy groups -OCH3 is 1. The van der Waals surface area contributed by atoms with Crippen LogP contribution in [-0.4, -0.2) is 33.4 Å². The third kappa shape index (κ3) is 3.02. The van der Waals surface area contributed by atoms with E-state index in [2.05, 4.69) is 26.7 Å². The molecule has 0 fully saturated rings. The lowest BCUT2D eigenvalue weighted by molar-refractivity contribution is 0.289. The van der Waals surface area contributed by atoms with Crippen LogP contribution in [0.2, 0.25) is 0 Å². The molecule has 3 aromatic rings. The Labute approximate surface area is 147 Å². The molecule has 0 radical (unpaired) electrons. The van der Waals surface area contributed by atoms with Gasteiger partial charge in [-0.05, 0) is 35.7 Å². The van der Waals surface area contributed by atoms with Crippen molar-refractivity contribution in [2.24, 2.45) is 5.10 Å². The number of aromatic nitrogens is 3. The SMILES string of the molecule is COc1ccc(OCc2nnc3n2N=C(c2cccs2)CS3)cc1. The van der Waals surface area contributed by atoms with Crippen molar-refractivity contribution in [1.29, 1.82) is 0 Å². The number of ether oxygens (including phenoxy) is 2. The van der Waals surface area contributed by atoms with E-state index in [0.29, 0.717) is 12.4 Å². The Morgan fingerprint density at radius 1 is 1.12 bits per heavy atom. The summed E-state index contributed by atoms with van der Waals surface area (Å²) in [6.45, 7) is 0.307. The van der Waals surface area contributed by atoms with E-state index in [4.69, 9.17) is 9.47 Å². The predicted molar refractivity (Wildman–Crippen MR) is 94.3 cm³/mol. The standard InChI is InChI=1S/C16H14N4O2S2/c1-21-11-4-6-12(7-5-11)22-9-15-17-18-16-20(15)19-13(10-24-16)14-3-2-8-23-14/h2-8H,9-10H2,1H3. The third-order valence-corrected chi connectivity index (χ3v) is 5.32. The number of nitrogens with zero attached hydrogens (tertiary/aromatic N) is 4. The Bertz CT molecular complexity index is 857. The third-order valence-electron chi connectivity index (χ3n) is 3.47. The van der Waals surface area contributed by atoms with Crippen molar-refractivity contribution < 1.29 is 9.47 Å². The van der Waals surface area contributed by atoms with Gasteiger partial charge in [0.15, 0.2) is 5.82 Å². The number of benzene rings is 1. The van der Waals surface area contributed by atoms with Crippen LogP contribution in [0.5, 0.6) is 11.5 Å². The van der Waals surface area contributed by atoms with Gasteiger partial charge in [0.1, 0.15) is 18.1 Å². The van der Waals surface area contributed by atoms with Crippen molar-refractivity contribution in [3.63, 3.8) is 0 Å². The molecular weight excluding hydrogens is 344 g/mol. The molecule has 122 valence electrons. The van der Waals surface area contributed by atoms with Crippen molar-refractivity contribution in [2.75, 3.05) is 12.9 Å². The van der Waals surface area contributed by atoms with Crippen LogP contribution in [0.15, 0.2) is 52.0 Å². The molecule has 0 bridgehead atoms. The Hall–Kier alpha value is -2.32. The molecule has 24 heavy (non-hydrogen) atoms. The lowest BCUT2D eigenvalue weighted by Crippen LogP contribution is -2.14. The van der Waals surface area contributed by atoms with Gasteiger partial charge < -0.3 is 9.47 Å². The number of hydrogen-bond donors (Lipinski definition) is 0. The zero-order valence-corrected chi connectivity index (χ0v) is 14.5. The molecule has 0 saturated carbocycles. The minimum Gasteiger partial charge on any atom is -0.497 e. The Morgan fingerprint density at radius 2 is 1.96 bits per heavy atom. The van der Waals surface area contributed by atoms with Crippen molar-refractivity contribution in [1.82, 2.24) is 14.9 Å². The molecule has 0 unspecified atom stereocenters. The Kier molecular flexibility index (Phi) is 4.22. The van der Waals surface area contributed by atoms with E-state index in [9.17, 15) is 0 Å². The fourth-order valence-corrected chi connectivity index (χ4v) is 3.89. The molecule has 8 heteroatoms. The van der Waals surface area contributed by atoms with Gasteiger partial charge >= 0.3 is 0 Å². The van der Waals surface area contributed by atoms with Gasteiger partial charge in [-0.3, -0.25) is 0 Å². The zero-order valence-electron chi connectivity index (χ0n) is 12.9. The van der Waals surface area contributed by atoms with Crippen LogP contribution in [0.25, 0.3) is 0 Å². The number of hydrogen-bond acceptors (Lipinski definition) is 7. The molecule has 0 spiro atoms. The summed E-state index contributed by atoms with van der Waals surface area (Å²) in [5.74, 6) is 3.03. The molecule has 1 aromatic carbocycles. The van der Waals surface area contributed by atoms with Gasteiger partial charge in [-0.15, -0.1) is 21.5 Å². The summed E-state index contributed by atoms with van der Waals surface area (Å²) in [5.41, 5.74) is 1.04. The summed E-state index contributed by atoms with van der Waals surface area (Å²) in [6, 6.07) is 11.5. The second-order valence-corrected chi connectivity index (χ2v) is 6.88. The first kappa shape index (κ1) is 15.2. The highest BCUT2D eigenvalue weighted by molar-refractivity contribution is 7.99. The molecule has 0 aliphatic carbocycles. The van der Waals surface area contributed by atoms with Crippen molar-refractivity contribution in [3.8, 4) is 11.5 Å². The molecule has 1 aliphatic heterocycles. The molecule has 3 heterocycles. The van der Waals surface area contributed by atoms with Gasteiger partial charge in [-0.25, -0.2) is 0 Å². The summed E-state index contributed by atoms with van der Waals surface area (Å²) in [6.07, 6.45) is 0. The van der Waals surface area contributed by atoms with E-state index >= 15 is 0 Å². The smallest absolute Gasteiger partial charge is 0.212 e. The monoisotopic (exact) mass is 358 g/mol. The molecule has 4 rings (SSSR count). The van der Waals surface area contributed by atoms with E-state index < -0.39 is 0 Å². The average Bonchev–Trinajstić information content (AvgIpc) is 3.30. The normalized spacial score (nSPS) is 13.3. The second kappa shape index (κ2) is 6.66. The first-order valence-corrected chi connectivity index (χ1v) is 9.15. The summed E-state index contributed by atoms with van der Waals surface area (Å²) < 4.78 is 12.7. The van der Waals surface area contributed by atoms with Crippen LogP contribution in [0, 0.1) is 0 Å². The van der Waals surface area contributed by atoms with Crippen LogP contribution in [0.1, 0.15) is 10.7 Å². The van der Waals surface area contributed by atoms with E-state index in [1.807, 2.05) is 30.3 Å². The summed E-state index contributed by atoms with van der Waals surface area (Å²) in [4.78, 5) is 1.17. The van der Waals surface area contributed by atoms with Gasteiger partial charge in [0.2, 0.25) is 5.16 Å². The fourth-order valence-electron chi connectivity index (χ4n) is 2.24. The molecule has 0 amide bonds. The highest BCUT2D eigenvalue weighted by Crippen LogP contribution is 2.26. The Morgan fingerprint density at radius 3 is 2.71 bits per heavy atom. The maximum atomic E-state index is 5.79. The maximum absolute atomic E-state index is 5.79. The van der Waals surface area contributed by atoms with Crippen molar-refractivity contribution in [3.05, 3.63) is 52.5 Å². The molecule has 1 aliphatic rings. The number of thioether (sulfide) groups is 1. The molecule has 6 nitrogen and oxygen atoms in total. The number of thiophene rings is 1. The van der Waals surface area contributed by atoms with Crippen LogP contribution < -0.4 is 9.47 Å². The number of rotatable bonds is 5. The van der Waals surface area contributed by atoms with Crippen LogP contribution >= 0.6 is 23.1 Å². The topological polar surface area (TPSA) is 61.5 Å². The van der Waals surface area contributed by atoms with Gasteiger partial charge in [0.25, 0.3) is 0 Å². The molecule has 0 saturated heterocycles. The summed E-state index contributed by atoms with van der Waals surface area (Å²) in [5, 5.41) is 15.9. The van der Waals surface area contributed by atoms with Crippen molar-refractivity contribution in [2.45, 2.75) is 11.8 Å². The quantitative estimate of drug-likeness (QED) is 0.700. The van der Waals surface area contributed by atoms with E-state index in [1.54, 1.807) is 34.9 Å². The van der Waals surface area contributed by atoms with Crippen molar-refractivity contribution >= 4 is 28.8 Å². The molecule has 0 atom stereocenters. The predicted octanol–water partition coefficient (Wildman–Crippen LogP) is 3.29. The van der Waals surface area contributed by atoms with Gasteiger partial charge in [0, 0.05) is 5.75 Å². The van der Waals surface area contributed by atoms with Gasteiger partial charge in [0.05, 0.1) is 17.7 Å². The zero-order chi connectivity index (χ0) is 16.4. The Balaban J connectivity index is 1.52.